The molecule has 1 aromatic carbocycles. The number of benzene rings is 1. The number of rotatable bonds is 7. The van der Waals surface area contributed by atoms with Crippen LogP contribution in [0.1, 0.15) is 35.3 Å². The summed E-state index contributed by atoms with van der Waals surface area (Å²) in [7, 11) is 0. The molecular weight excluding hydrogens is 488 g/mol. The Labute approximate surface area is 210 Å². The number of aliphatic hydroxyl groups excluding tert-OH is 1. The van der Waals surface area contributed by atoms with Crippen molar-refractivity contribution >= 4 is 35.8 Å². The number of aromatic nitrogens is 1. The molecule has 0 radical (unpaired) electrons. The summed E-state index contributed by atoms with van der Waals surface area (Å²) in [6, 6.07) is 2.79. The first-order valence-corrected chi connectivity index (χ1v) is 12.3. The minimum atomic E-state index is -1.16. The Bertz CT molecular complexity index is 1220. The average molecular weight is 515 g/mol. The van der Waals surface area contributed by atoms with Crippen molar-refractivity contribution in [2.24, 2.45) is 10.9 Å². The third-order valence-corrected chi connectivity index (χ3v) is 7.90. The van der Waals surface area contributed by atoms with Crippen LogP contribution in [0.3, 0.4) is 0 Å². The number of β-lactam (4-membered cyclic amide) rings is 1. The van der Waals surface area contributed by atoms with Crippen LogP contribution in [0.4, 0.5) is 0 Å². The van der Waals surface area contributed by atoms with E-state index in [-0.39, 0.29) is 23.0 Å². The van der Waals surface area contributed by atoms with Crippen molar-refractivity contribution in [2.75, 3.05) is 5.75 Å². The molecule has 2 amide bonds. The fourth-order valence-corrected chi connectivity index (χ4v) is 5.79. The van der Waals surface area contributed by atoms with Gasteiger partial charge in [0.25, 0.3) is 0 Å². The minimum absolute atomic E-state index is 0.0101. The molecule has 0 saturated carbocycles. The smallest absolute Gasteiger partial charge is 0.326 e. The van der Waals surface area contributed by atoms with Crippen molar-refractivity contribution in [3.8, 4) is 11.5 Å². The van der Waals surface area contributed by atoms with Crippen molar-refractivity contribution in [2.45, 2.75) is 44.0 Å². The van der Waals surface area contributed by atoms with E-state index in [4.69, 9.17) is 0 Å². The number of carboxylic acids is 1. The second-order valence-corrected chi connectivity index (χ2v) is 9.93. The van der Waals surface area contributed by atoms with E-state index in [0.717, 1.165) is 0 Å². The van der Waals surface area contributed by atoms with Gasteiger partial charge in [0.1, 0.15) is 29.0 Å². The number of aliphatic imine (C=N–C) groups is 1. The maximum absolute atomic E-state index is 13.4. The number of nitrogens with zero attached hydrogens (tertiary/aromatic N) is 3. The number of aryl methyl sites for hydroxylation is 1. The number of aromatic hydroxyl groups is 2. The Balaban J connectivity index is 1.61. The summed E-state index contributed by atoms with van der Waals surface area (Å²) in [4.78, 5) is 47.6. The molecule has 1 aromatic heterocycles. The van der Waals surface area contributed by atoms with E-state index in [9.17, 15) is 34.8 Å². The summed E-state index contributed by atoms with van der Waals surface area (Å²) in [6.07, 6.45) is 2.66. The van der Waals surface area contributed by atoms with Gasteiger partial charge in [0.05, 0.1) is 12.3 Å². The van der Waals surface area contributed by atoms with Crippen molar-refractivity contribution < 1.29 is 34.8 Å². The lowest BCUT2D eigenvalue weighted by molar-refractivity contribution is -0.164. The van der Waals surface area contributed by atoms with Crippen LogP contribution in [0.2, 0.25) is 0 Å². The Hall–Kier alpha value is -3.64. The van der Waals surface area contributed by atoms with Gasteiger partial charge in [-0.3, -0.25) is 19.6 Å². The van der Waals surface area contributed by atoms with Crippen molar-refractivity contribution in [1.29, 1.82) is 0 Å². The molecule has 5 atom stereocenters. The summed E-state index contributed by atoms with van der Waals surface area (Å²) in [6.45, 7) is 2.94. The largest absolute Gasteiger partial charge is 0.508 e. The van der Waals surface area contributed by atoms with Gasteiger partial charge in [-0.1, -0.05) is 19.1 Å². The molecule has 4 rings (SSSR count). The quantitative estimate of drug-likeness (QED) is 0.266. The number of aliphatic hydroxyl groups is 1. The van der Waals surface area contributed by atoms with Crippen LogP contribution >= 0.6 is 11.8 Å². The summed E-state index contributed by atoms with van der Waals surface area (Å²) >= 11 is 1.41. The molecule has 2 aromatic rings. The fourth-order valence-electron chi connectivity index (χ4n) is 4.33. The molecule has 36 heavy (non-hydrogen) atoms. The van der Waals surface area contributed by atoms with Crippen LogP contribution in [-0.4, -0.2) is 77.5 Å². The summed E-state index contributed by atoms with van der Waals surface area (Å²) in [5.41, 5.74) is 1.24. The van der Waals surface area contributed by atoms with E-state index >= 15 is 0 Å². The number of carbonyl (C=O) groups is 3. The van der Waals surface area contributed by atoms with Gasteiger partial charge in [0.2, 0.25) is 11.8 Å². The number of carboxylic acid groups (broad SMARTS) is 1. The van der Waals surface area contributed by atoms with Gasteiger partial charge in [0, 0.05) is 29.3 Å². The Morgan fingerprint density at radius 2 is 2.00 bits per heavy atom. The normalized spacial score (nSPS) is 24.2. The van der Waals surface area contributed by atoms with E-state index < -0.39 is 47.9 Å². The number of thioether (sulfide) groups is 1. The predicted octanol–water partition coefficient (Wildman–Crippen LogP) is 0.943. The first-order valence-electron chi connectivity index (χ1n) is 11.2. The Morgan fingerprint density at radius 3 is 2.64 bits per heavy atom. The zero-order chi connectivity index (χ0) is 26.1. The number of fused-ring (bicyclic) bond motifs is 1. The molecule has 0 spiro atoms. The summed E-state index contributed by atoms with van der Waals surface area (Å²) < 4.78 is 0. The van der Waals surface area contributed by atoms with E-state index in [1.165, 1.54) is 53.3 Å². The van der Waals surface area contributed by atoms with Crippen LogP contribution in [0.5, 0.6) is 11.5 Å². The first kappa shape index (κ1) is 25.5. The van der Waals surface area contributed by atoms with Gasteiger partial charge in [-0.15, -0.1) is 11.8 Å². The number of hydrogen-bond acceptors (Lipinski definition) is 9. The number of aliphatic carboxylic acids is 1. The maximum atomic E-state index is 13.4. The van der Waals surface area contributed by atoms with Crippen LogP contribution in [0.15, 0.2) is 35.5 Å². The molecule has 2 aliphatic rings. The molecule has 3 unspecified atom stereocenters. The Morgan fingerprint density at radius 1 is 1.31 bits per heavy atom. The van der Waals surface area contributed by atoms with Crippen molar-refractivity contribution in [3.05, 3.63) is 52.8 Å². The summed E-state index contributed by atoms with van der Waals surface area (Å²) in [5, 5.41) is 41.5. The third kappa shape index (κ3) is 4.61. The molecule has 12 heteroatoms. The van der Waals surface area contributed by atoms with Gasteiger partial charge in [0.15, 0.2) is 6.04 Å². The monoisotopic (exact) mass is 514 g/mol. The standard InChI is InChI=1S/C24H26N4O7S/c1-11-10-36-23-18(22(33)28(23)19(11)24(34)35)27-21(32)17(13-3-5-15(30)6-4-13)26-8-16-14(9-29)7-25-12(2)20(16)31/h3-8,11,17-19,23,29-31H,9-10H2,1-2H3,(H,27,32)(H,34,35)/t11?,17?,18-,19?,23-/m0/s1. The molecule has 3 heterocycles. The number of carbonyl (C=O) groups excluding carboxylic acids is 2. The maximum Gasteiger partial charge on any atom is 0.326 e. The molecule has 5 N–H and O–H groups in total. The second-order valence-electron chi connectivity index (χ2n) is 8.78. The highest BCUT2D eigenvalue weighted by molar-refractivity contribution is 8.00. The minimum Gasteiger partial charge on any atom is -0.508 e. The molecule has 0 bridgehead atoms. The molecule has 190 valence electrons. The summed E-state index contributed by atoms with van der Waals surface area (Å²) in [5.74, 6) is -2.06. The van der Waals surface area contributed by atoms with E-state index in [0.29, 0.717) is 22.6 Å². The first-order chi connectivity index (χ1) is 17.1. The molecular formula is C24H26N4O7S. The van der Waals surface area contributed by atoms with Gasteiger partial charge in [-0.25, -0.2) is 4.79 Å². The van der Waals surface area contributed by atoms with Crippen molar-refractivity contribution in [3.63, 3.8) is 0 Å². The number of amides is 2. The zero-order valence-corrected chi connectivity index (χ0v) is 20.3. The highest BCUT2D eigenvalue weighted by Gasteiger charge is 2.57. The fraction of sp³-hybridized carbons (Fsp3) is 0.375. The number of phenols is 1. The van der Waals surface area contributed by atoms with E-state index in [1.807, 2.05) is 0 Å². The van der Waals surface area contributed by atoms with Gasteiger partial charge < -0.3 is 30.6 Å². The molecule has 2 fully saturated rings. The number of phenolic OH excluding ortho intramolecular Hbond substituents is 1. The third-order valence-electron chi connectivity index (χ3n) is 6.34. The van der Waals surface area contributed by atoms with E-state index in [2.05, 4.69) is 15.3 Å². The molecule has 2 aliphatic heterocycles. The molecule has 0 aliphatic carbocycles. The van der Waals surface area contributed by atoms with Crippen LogP contribution < -0.4 is 5.32 Å². The highest BCUT2D eigenvalue weighted by atomic mass is 32.2. The Kier molecular flexibility index (Phi) is 7.18. The molecule has 11 nitrogen and oxygen atoms in total. The lowest BCUT2D eigenvalue weighted by atomic mass is 9.94. The highest BCUT2D eigenvalue weighted by Crippen LogP contribution is 2.40. The van der Waals surface area contributed by atoms with Gasteiger partial charge >= 0.3 is 5.97 Å². The average Bonchev–Trinajstić information content (AvgIpc) is 2.85. The number of pyridine rings is 1. The van der Waals surface area contributed by atoms with Crippen LogP contribution in [0, 0.1) is 12.8 Å². The lowest BCUT2D eigenvalue weighted by Gasteiger charge is -2.53. The topological polar surface area (TPSA) is 173 Å². The van der Waals surface area contributed by atoms with E-state index in [1.54, 1.807) is 13.8 Å². The number of nitrogens with one attached hydrogen (secondary N) is 1. The van der Waals surface area contributed by atoms with Gasteiger partial charge in [-0.2, -0.15) is 0 Å². The SMILES string of the molecule is Cc1ncc(CO)c(C=NC(C(=O)N[C@H]2C(=O)N3C(C(=O)O)C(C)CS[C@@H]23)c2ccc(O)cc2)c1O. The zero-order valence-electron chi connectivity index (χ0n) is 19.5. The van der Waals surface area contributed by atoms with Gasteiger partial charge in [-0.05, 0) is 30.5 Å². The second kappa shape index (κ2) is 10.2. The van der Waals surface area contributed by atoms with Crippen LogP contribution in [-0.2, 0) is 21.0 Å². The number of hydrogen-bond donors (Lipinski definition) is 5. The lowest BCUT2D eigenvalue weighted by Crippen LogP contribution is -2.75. The van der Waals surface area contributed by atoms with Crippen molar-refractivity contribution in [1.82, 2.24) is 15.2 Å². The predicted molar refractivity (Wildman–Crippen MR) is 131 cm³/mol. The van der Waals surface area contributed by atoms with Crippen LogP contribution in [0.25, 0.3) is 0 Å². The molecule has 2 saturated heterocycles.